The Hall–Kier alpha value is -3.11. The lowest BCUT2D eigenvalue weighted by Gasteiger charge is -2.22. The van der Waals surface area contributed by atoms with Crippen LogP contribution in [0.1, 0.15) is 15.9 Å². The van der Waals surface area contributed by atoms with Crippen LogP contribution in [0.15, 0.2) is 78.9 Å². The second-order valence-electron chi connectivity index (χ2n) is 6.15. The van der Waals surface area contributed by atoms with Gasteiger partial charge in [0.1, 0.15) is 6.54 Å². The zero-order valence-electron chi connectivity index (χ0n) is 14.9. The third kappa shape index (κ3) is 4.96. The second-order valence-corrected chi connectivity index (χ2v) is 6.58. The van der Waals surface area contributed by atoms with Crippen LogP contribution in [0, 0.1) is 6.92 Å². The van der Waals surface area contributed by atoms with Gasteiger partial charge in [0.15, 0.2) is 0 Å². The van der Waals surface area contributed by atoms with Gasteiger partial charge in [-0.1, -0.05) is 47.5 Å². The predicted octanol–water partition coefficient (Wildman–Crippen LogP) is 4.93. The van der Waals surface area contributed by atoms with Crippen molar-refractivity contribution < 1.29 is 9.59 Å². The molecule has 0 radical (unpaired) electrons. The number of hydrogen-bond donors (Lipinski definition) is 1. The van der Waals surface area contributed by atoms with E-state index in [1.807, 2.05) is 49.4 Å². The summed E-state index contributed by atoms with van der Waals surface area (Å²) in [6.45, 7) is 1.88. The molecule has 0 unspecified atom stereocenters. The van der Waals surface area contributed by atoms with Crippen molar-refractivity contribution in [2.24, 2.45) is 0 Å². The molecule has 0 saturated heterocycles. The molecule has 0 fully saturated rings. The Labute approximate surface area is 163 Å². The fraction of sp³-hybridized carbons (Fsp3) is 0.0909. The topological polar surface area (TPSA) is 49.4 Å². The van der Waals surface area contributed by atoms with Crippen LogP contribution in [-0.2, 0) is 4.79 Å². The minimum Gasteiger partial charge on any atom is -0.325 e. The number of hydrogen-bond acceptors (Lipinski definition) is 2. The van der Waals surface area contributed by atoms with Gasteiger partial charge in [-0.25, -0.2) is 0 Å². The molecule has 0 spiro atoms. The zero-order chi connectivity index (χ0) is 19.2. The molecule has 1 N–H and O–H groups in total. The van der Waals surface area contributed by atoms with Gasteiger partial charge in [-0.15, -0.1) is 0 Å². The number of rotatable bonds is 5. The van der Waals surface area contributed by atoms with E-state index in [0.29, 0.717) is 22.0 Å². The fourth-order valence-corrected chi connectivity index (χ4v) is 2.74. The average Bonchev–Trinajstić information content (AvgIpc) is 2.69. The molecule has 4 nitrogen and oxygen atoms in total. The van der Waals surface area contributed by atoms with Crippen molar-refractivity contribution in [2.45, 2.75) is 6.92 Å². The number of aryl methyl sites for hydroxylation is 1. The van der Waals surface area contributed by atoms with Gasteiger partial charge < -0.3 is 5.32 Å². The first-order valence-electron chi connectivity index (χ1n) is 8.52. The maximum Gasteiger partial charge on any atom is 0.258 e. The number of nitrogens with one attached hydrogen (secondary N) is 1. The normalized spacial score (nSPS) is 10.3. The third-order valence-corrected chi connectivity index (χ3v) is 4.29. The van der Waals surface area contributed by atoms with Crippen LogP contribution < -0.4 is 10.2 Å². The van der Waals surface area contributed by atoms with Crippen LogP contribution >= 0.6 is 11.6 Å². The summed E-state index contributed by atoms with van der Waals surface area (Å²) in [5.41, 5.74) is 2.91. The number of benzene rings is 3. The van der Waals surface area contributed by atoms with E-state index in [2.05, 4.69) is 5.32 Å². The molecule has 3 aromatic rings. The van der Waals surface area contributed by atoms with Gasteiger partial charge in [-0.3, -0.25) is 14.5 Å². The van der Waals surface area contributed by atoms with Crippen LogP contribution in [0.3, 0.4) is 0 Å². The quantitative estimate of drug-likeness (QED) is 0.684. The molecule has 0 aliphatic rings. The Morgan fingerprint density at radius 2 is 1.52 bits per heavy atom. The summed E-state index contributed by atoms with van der Waals surface area (Å²) < 4.78 is 0. The Balaban J connectivity index is 1.81. The van der Waals surface area contributed by atoms with Gasteiger partial charge >= 0.3 is 0 Å². The minimum absolute atomic E-state index is 0.0979. The second kappa shape index (κ2) is 8.52. The van der Waals surface area contributed by atoms with Gasteiger partial charge in [0, 0.05) is 22.0 Å². The highest BCUT2D eigenvalue weighted by Gasteiger charge is 2.20. The van der Waals surface area contributed by atoms with Crippen molar-refractivity contribution in [3.8, 4) is 0 Å². The summed E-state index contributed by atoms with van der Waals surface area (Å²) in [5.74, 6) is -0.540. The maximum absolute atomic E-state index is 13.0. The van der Waals surface area contributed by atoms with E-state index in [1.165, 1.54) is 4.90 Å². The molecular formula is C22H19ClN2O2. The Morgan fingerprint density at radius 1 is 0.889 bits per heavy atom. The summed E-state index contributed by atoms with van der Waals surface area (Å²) in [6.07, 6.45) is 0. The van der Waals surface area contributed by atoms with E-state index in [4.69, 9.17) is 11.6 Å². The summed E-state index contributed by atoms with van der Waals surface area (Å²) in [6, 6.07) is 23.2. The number of para-hydroxylation sites is 1. The molecular weight excluding hydrogens is 360 g/mol. The Morgan fingerprint density at radius 3 is 2.15 bits per heavy atom. The standard InChI is InChI=1S/C22H19ClN2O2/c1-16-7-13-19(14-8-16)24-21(26)15-25(20-5-3-2-4-6-20)22(27)17-9-11-18(23)12-10-17/h2-14H,15H2,1H3,(H,24,26). The highest BCUT2D eigenvalue weighted by atomic mass is 35.5. The van der Waals surface area contributed by atoms with Crippen LogP contribution in [0.4, 0.5) is 11.4 Å². The number of carbonyl (C=O) groups excluding carboxylic acids is 2. The van der Waals surface area contributed by atoms with Gasteiger partial charge in [-0.2, -0.15) is 0 Å². The highest BCUT2D eigenvalue weighted by molar-refractivity contribution is 6.30. The number of anilines is 2. The van der Waals surface area contributed by atoms with Crippen molar-refractivity contribution in [1.29, 1.82) is 0 Å². The van der Waals surface area contributed by atoms with Crippen molar-refractivity contribution >= 4 is 34.8 Å². The number of halogens is 1. The van der Waals surface area contributed by atoms with E-state index in [0.717, 1.165) is 5.56 Å². The molecule has 5 heteroatoms. The first-order valence-corrected chi connectivity index (χ1v) is 8.90. The molecule has 2 amide bonds. The van der Waals surface area contributed by atoms with Crippen LogP contribution in [-0.4, -0.2) is 18.4 Å². The molecule has 0 aromatic heterocycles. The monoisotopic (exact) mass is 378 g/mol. The van der Waals surface area contributed by atoms with Crippen LogP contribution in [0.2, 0.25) is 5.02 Å². The van der Waals surface area contributed by atoms with Gasteiger partial charge in [-0.05, 0) is 55.5 Å². The lowest BCUT2D eigenvalue weighted by Crippen LogP contribution is -2.38. The van der Waals surface area contributed by atoms with Crippen molar-refractivity contribution in [1.82, 2.24) is 0 Å². The minimum atomic E-state index is -0.273. The van der Waals surface area contributed by atoms with E-state index >= 15 is 0 Å². The third-order valence-electron chi connectivity index (χ3n) is 4.04. The number of amides is 2. The summed E-state index contributed by atoms with van der Waals surface area (Å²) in [4.78, 5) is 27.0. The highest BCUT2D eigenvalue weighted by Crippen LogP contribution is 2.19. The van der Waals surface area contributed by atoms with Gasteiger partial charge in [0.05, 0.1) is 0 Å². The SMILES string of the molecule is Cc1ccc(NC(=O)CN(C(=O)c2ccc(Cl)cc2)c2ccccc2)cc1. The summed E-state index contributed by atoms with van der Waals surface area (Å²) in [5, 5.41) is 3.38. The van der Waals surface area contributed by atoms with E-state index < -0.39 is 0 Å². The van der Waals surface area contributed by atoms with Crippen molar-refractivity contribution in [2.75, 3.05) is 16.8 Å². The molecule has 3 aromatic carbocycles. The van der Waals surface area contributed by atoms with E-state index in [1.54, 1.807) is 36.4 Å². The van der Waals surface area contributed by atoms with E-state index in [9.17, 15) is 9.59 Å². The lowest BCUT2D eigenvalue weighted by atomic mass is 10.1. The average molecular weight is 379 g/mol. The lowest BCUT2D eigenvalue weighted by molar-refractivity contribution is -0.114. The molecule has 0 aliphatic carbocycles. The van der Waals surface area contributed by atoms with Crippen LogP contribution in [0.5, 0.6) is 0 Å². The first kappa shape index (κ1) is 18.7. The molecule has 0 heterocycles. The molecule has 0 aliphatic heterocycles. The number of nitrogens with zero attached hydrogens (tertiary/aromatic N) is 1. The van der Waals surface area contributed by atoms with Gasteiger partial charge in [0.25, 0.3) is 5.91 Å². The number of carbonyl (C=O) groups is 2. The Bertz CT molecular complexity index is 923. The first-order chi connectivity index (χ1) is 13.0. The van der Waals surface area contributed by atoms with Gasteiger partial charge in [0.2, 0.25) is 5.91 Å². The summed E-state index contributed by atoms with van der Waals surface area (Å²) in [7, 11) is 0. The predicted molar refractivity (Wildman–Crippen MR) is 109 cm³/mol. The molecule has 27 heavy (non-hydrogen) atoms. The van der Waals surface area contributed by atoms with Crippen molar-refractivity contribution in [3.63, 3.8) is 0 Å². The fourth-order valence-electron chi connectivity index (χ4n) is 2.62. The van der Waals surface area contributed by atoms with Crippen molar-refractivity contribution in [3.05, 3.63) is 95.0 Å². The smallest absolute Gasteiger partial charge is 0.258 e. The molecule has 136 valence electrons. The van der Waals surface area contributed by atoms with E-state index in [-0.39, 0.29) is 18.4 Å². The molecule has 0 atom stereocenters. The molecule has 3 rings (SSSR count). The summed E-state index contributed by atoms with van der Waals surface area (Å²) >= 11 is 5.91. The Kier molecular flexibility index (Phi) is 5.89. The largest absolute Gasteiger partial charge is 0.325 e. The maximum atomic E-state index is 13.0. The van der Waals surface area contributed by atoms with Crippen LogP contribution in [0.25, 0.3) is 0 Å². The molecule has 0 saturated carbocycles. The zero-order valence-corrected chi connectivity index (χ0v) is 15.6. The molecule has 0 bridgehead atoms.